The van der Waals surface area contributed by atoms with Gasteiger partial charge in [-0.2, -0.15) is 9.89 Å². The summed E-state index contributed by atoms with van der Waals surface area (Å²) in [5, 5.41) is 5.23. The Morgan fingerprint density at radius 1 is 0.933 bits per heavy atom. The van der Waals surface area contributed by atoms with Gasteiger partial charge in [0.2, 0.25) is 0 Å². The number of amides is 1. The van der Waals surface area contributed by atoms with Crippen molar-refractivity contribution in [1.82, 2.24) is 14.9 Å². The van der Waals surface area contributed by atoms with Crippen LogP contribution in [-0.4, -0.2) is 20.8 Å². The van der Waals surface area contributed by atoms with Crippen molar-refractivity contribution in [2.45, 2.75) is 0 Å². The third-order valence-corrected chi connectivity index (χ3v) is 5.91. The van der Waals surface area contributed by atoms with E-state index < -0.39 is 0 Å². The Balaban J connectivity index is 1.51. The number of thiophene rings is 1. The largest absolute Gasteiger partial charge is 0.272 e. The normalized spacial score (nSPS) is 11.0. The Morgan fingerprint density at radius 2 is 1.73 bits per heavy atom. The van der Waals surface area contributed by atoms with E-state index >= 15 is 0 Å². The van der Waals surface area contributed by atoms with Crippen LogP contribution in [0, 0.1) is 0 Å². The fourth-order valence-electron chi connectivity index (χ4n) is 3.25. The number of fused-ring (bicyclic) bond motifs is 1. The van der Waals surface area contributed by atoms with E-state index in [9.17, 15) is 4.79 Å². The van der Waals surface area contributed by atoms with Crippen LogP contribution in [0.1, 0.15) is 10.4 Å². The lowest BCUT2D eigenvalue weighted by molar-refractivity contribution is 0.101. The molecule has 1 N–H and O–H groups in total. The van der Waals surface area contributed by atoms with Gasteiger partial charge in [-0.15, -0.1) is 11.3 Å². The summed E-state index contributed by atoms with van der Waals surface area (Å²) in [6, 6.07) is 24.8. The van der Waals surface area contributed by atoms with Crippen LogP contribution >= 0.6 is 22.9 Å². The summed E-state index contributed by atoms with van der Waals surface area (Å²) < 4.78 is 0.695. The SMILES string of the molecule is O=C(Nn1ccc(-c2ccc(Cl)s2)n1)c1cc(-c2ccccc2)nc2ccccc12. The van der Waals surface area contributed by atoms with Gasteiger partial charge in [-0.25, -0.2) is 10.4 Å². The first kappa shape index (κ1) is 18.5. The molecule has 0 aliphatic heterocycles. The summed E-state index contributed by atoms with van der Waals surface area (Å²) in [6.45, 7) is 0. The molecule has 2 aromatic carbocycles. The zero-order chi connectivity index (χ0) is 20.5. The van der Waals surface area contributed by atoms with Gasteiger partial charge >= 0.3 is 0 Å². The van der Waals surface area contributed by atoms with Crippen LogP contribution in [0.4, 0.5) is 0 Å². The van der Waals surface area contributed by atoms with Gasteiger partial charge in [0.25, 0.3) is 5.91 Å². The molecule has 5 nitrogen and oxygen atoms in total. The number of rotatable bonds is 4. The van der Waals surface area contributed by atoms with E-state index in [1.807, 2.05) is 78.9 Å². The standard InChI is InChI=1S/C23H15ClN4OS/c24-22-11-10-21(30-22)19-12-13-28(26-19)27-23(29)17-14-20(15-6-2-1-3-7-15)25-18-9-5-4-8-16(17)18/h1-14H,(H,27,29). The van der Waals surface area contributed by atoms with Gasteiger partial charge in [0, 0.05) is 17.1 Å². The molecule has 0 saturated heterocycles. The lowest BCUT2D eigenvalue weighted by Crippen LogP contribution is -2.23. The highest BCUT2D eigenvalue weighted by molar-refractivity contribution is 7.19. The molecule has 0 atom stereocenters. The predicted molar refractivity (Wildman–Crippen MR) is 121 cm³/mol. The lowest BCUT2D eigenvalue weighted by atomic mass is 10.0. The van der Waals surface area contributed by atoms with E-state index in [1.165, 1.54) is 16.1 Å². The summed E-state index contributed by atoms with van der Waals surface area (Å²) in [5.41, 5.74) is 6.58. The van der Waals surface area contributed by atoms with E-state index in [0.29, 0.717) is 9.90 Å². The van der Waals surface area contributed by atoms with Gasteiger partial charge in [-0.1, -0.05) is 60.1 Å². The maximum atomic E-state index is 13.1. The number of carbonyl (C=O) groups is 1. The van der Waals surface area contributed by atoms with Gasteiger partial charge in [0.1, 0.15) is 5.69 Å². The van der Waals surface area contributed by atoms with Crippen LogP contribution < -0.4 is 5.43 Å². The molecular weight excluding hydrogens is 416 g/mol. The topological polar surface area (TPSA) is 59.8 Å². The molecule has 5 rings (SSSR count). The first-order valence-corrected chi connectivity index (χ1v) is 10.4. The molecule has 0 aliphatic carbocycles. The van der Waals surface area contributed by atoms with Gasteiger partial charge in [-0.05, 0) is 30.3 Å². The summed E-state index contributed by atoms with van der Waals surface area (Å²) in [5.74, 6) is -0.260. The Bertz CT molecular complexity index is 1360. The van der Waals surface area contributed by atoms with Gasteiger partial charge in [-0.3, -0.25) is 4.79 Å². The van der Waals surface area contributed by atoms with Crippen molar-refractivity contribution in [1.29, 1.82) is 0 Å². The van der Waals surface area contributed by atoms with Gasteiger partial charge in [0.15, 0.2) is 0 Å². The smallest absolute Gasteiger partial charge is 0.267 e. The first-order chi connectivity index (χ1) is 14.7. The minimum atomic E-state index is -0.260. The minimum absolute atomic E-state index is 0.260. The van der Waals surface area contributed by atoms with Crippen molar-refractivity contribution in [3.05, 3.63) is 95.0 Å². The van der Waals surface area contributed by atoms with Crippen molar-refractivity contribution in [2.24, 2.45) is 0 Å². The molecule has 0 aliphatic rings. The summed E-state index contributed by atoms with van der Waals surface area (Å²) in [4.78, 5) is 20.2. The van der Waals surface area contributed by atoms with Crippen LogP contribution in [0.3, 0.4) is 0 Å². The Morgan fingerprint density at radius 3 is 2.53 bits per heavy atom. The number of nitrogens with zero attached hydrogens (tertiary/aromatic N) is 3. The molecule has 30 heavy (non-hydrogen) atoms. The number of benzene rings is 2. The number of hydrogen-bond acceptors (Lipinski definition) is 4. The average molecular weight is 431 g/mol. The summed E-state index contributed by atoms with van der Waals surface area (Å²) in [6.07, 6.45) is 1.71. The fraction of sp³-hybridized carbons (Fsp3) is 0. The predicted octanol–water partition coefficient (Wildman–Crippen LogP) is 5.86. The third-order valence-electron chi connectivity index (χ3n) is 4.66. The number of para-hydroxylation sites is 1. The molecule has 0 bridgehead atoms. The number of carbonyl (C=O) groups excluding carboxylic acids is 1. The number of aromatic nitrogens is 3. The number of nitrogens with one attached hydrogen (secondary N) is 1. The zero-order valence-corrected chi connectivity index (χ0v) is 17.2. The molecule has 0 fully saturated rings. The van der Waals surface area contributed by atoms with Gasteiger partial charge < -0.3 is 0 Å². The zero-order valence-electron chi connectivity index (χ0n) is 15.6. The highest BCUT2D eigenvalue weighted by Crippen LogP contribution is 2.29. The molecule has 0 saturated carbocycles. The van der Waals surface area contributed by atoms with Crippen molar-refractivity contribution < 1.29 is 4.79 Å². The highest BCUT2D eigenvalue weighted by atomic mass is 35.5. The monoisotopic (exact) mass is 430 g/mol. The highest BCUT2D eigenvalue weighted by Gasteiger charge is 2.15. The number of pyridine rings is 1. The van der Waals surface area contributed by atoms with E-state index in [0.717, 1.165) is 32.7 Å². The molecule has 7 heteroatoms. The minimum Gasteiger partial charge on any atom is -0.267 e. The van der Waals surface area contributed by atoms with Crippen LogP contribution in [0.2, 0.25) is 4.34 Å². The number of halogens is 1. The first-order valence-electron chi connectivity index (χ1n) is 9.25. The van der Waals surface area contributed by atoms with E-state index in [1.54, 1.807) is 6.20 Å². The fourth-order valence-corrected chi connectivity index (χ4v) is 4.26. The molecular formula is C23H15ClN4OS. The lowest BCUT2D eigenvalue weighted by Gasteiger charge is -2.10. The third kappa shape index (κ3) is 3.58. The average Bonchev–Trinajstić information content (AvgIpc) is 3.42. The molecule has 1 amide bonds. The van der Waals surface area contributed by atoms with Crippen molar-refractivity contribution in [2.75, 3.05) is 5.43 Å². The van der Waals surface area contributed by atoms with Crippen LogP contribution in [0.5, 0.6) is 0 Å². The molecule has 146 valence electrons. The summed E-state index contributed by atoms with van der Waals surface area (Å²) in [7, 11) is 0. The van der Waals surface area contributed by atoms with Gasteiger partial charge in [0.05, 0.1) is 26.0 Å². The molecule has 0 unspecified atom stereocenters. The van der Waals surface area contributed by atoms with E-state index in [4.69, 9.17) is 16.6 Å². The van der Waals surface area contributed by atoms with Crippen LogP contribution in [0.15, 0.2) is 85.1 Å². The Labute approximate surface area is 181 Å². The maximum absolute atomic E-state index is 13.1. The second kappa shape index (κ2) is 7.74. The molecule has 5 aromatic rings. The van der Waals surface area contributed by atoms with Crippen molar-refractivity contribution >= 4 is 39.7 Å². The summed E-state index contributed by atoms with van der Waals surface area (Å²) >= 11 is 7.45. The van der Waals surface area contributed by atoms with Crippen LogP contribution in [-0.2, 0) is 0 Å². The Kier molecular flexibility index (Phi) is 4.78. The maximum Gasteiger partial charge on any atom is 0.272 e. The van der Waals surface area contributed by atoms with Crippen molar-refractivity contribution in [3.63, 3.8) is 0 Å². The van der Waals surface area contributed by atoms with Crippen LogP contribution in [0.25, 0.3) is 32.7 Å². The van der Waals surface area contributed by atoms with E-state index in [-0.39, 0.29) is 5.91 Å². The van der Waals surface area contributed by atoms with E-state index in [2.05, 4.69) is 10.5 Å². The second-order valence-electron chi connectivity index (χ2n) is 6.63. The quantitative estimate of drug-likeness (QED) is 0.388. The molecule has 3 aromatic heterocycles. The second-order valence-corrected chi connectivity index (χ2v) is 8.34. The molecule has 0 radical (unpaired) electrons. The number of hydrogen-bond donors (Lipinski definition) is 1. The van der Waals surface area contributed by atoms with Crippen molar-refractivity contribution in [3.8, 4) is 21.8 Å². The molecule has 3 heterocycles. The molecule has 0 spiro atoms. The Hall–Kier alpha value is -3.48.